The number of benzene rings is 2. The van der Waals surface area contributed by atoms with Gasteiger partial charge in [-0.05, 0) is 29.8 Å². The summed E-state index contributed by atoms with van der Waals surface area (Å²) in [5, 5.41) is 9.14. The van der Waals surface area contributed by atoms with Gasteiger partial charge in [0.15, 0.2) is 11.5 Å². The van der Waals surface area contributed by atoms with Crippen molar-refractivity contribution in [1.82, 2.24) is 5.16 Å². The van der Waals surface area contributed by atoms with E-state index in [1.54, 1.807) is 38.5 Å². The molecule has 3 aromatic rings. The Bertz CT molecular complexity index is 862. The molecule has 0 aliphatic carbocycles. The second-order valence-electron chi connectivity index (χ2n) is 5.08. The fraction of sp³-hybridized carbons (Fsp3) is 0.111. The highest BCUT2D eigenvalue weighted by Gasteiger charge is 2.15. The highest BCUT2D eigenvalue weighted by molar-refractivity contribution is 6.01. The minimum Gasteiger partial charge on any atom is -0.493 e. The molecule has 128 valence electrons. The summed E-state index contributed by atoms with van der Waals surface area (Å²) in [5.74, 6) is 1.42. The van der Waals surface area contributed by atoms with Crippen molar-refractivity contribution in [2.75, 3.05) is 24.9 Å². The Balaban J connectivity index is 1.80. The minimum absolute atomic E-state index is 0.237. The SMILES string of the molecule is COc1ccc(-c2cnoc2NC(=O)Nc2ccccc2)cc1OC. The van der Waals surface area contributed by atoms with Crippen molar-refractivity contribution in [1.29, 1.82) is 0 Å². The smallest absolute Gasteiger partial charge is 0.326 e. The Morgan fingerprint density at radius 1 is 1.00 bits per heavy atom. The van der Waals surface area contributed by atoms with E-state index in [1.807, 2.05) is 24.3 Å². The molecule has 2 amide bonds. The van der Waals surface area contributed by atoms with E-state index in [4.69, 9.17) is 14.0 Å². The Morgan fingerprint density at radius 3 is 2.48 bits per heavy atom. The third-order valence-corrected chi connectivity index (χ3v) is 3.52. The predicted octanol–water partition coefficient (Wildman–Crippen LogP) is 4.00. The van der Waals surface area contributed by atoms with Crippen LogP contribution in [0.3, 0.4) is 0 Å². The summed E-state index contributed by atoms with van der Waals surface area (Å²) in [6, 6.07) is 14.1. The minimum atomic E-state index is -0.426. The Kier molecular flexibility index (Phi) is 4.84. The predicted molar refractivity (Wildman–Crippen MR) is 94.1 cm³/mol. The highest BCUT2D eigenvalue weighted by Crippen LogP contribution is 2.35. The Morgan fingerprint density at radius 2 is 1.76 bits per heavy atom. The molecule has 0 aliphatic rings. The van der Waals surface area contributed by atoms with Crippen molar-refractivity contribution < 1.29 is 18.8 Å². The second-order valence-corrected chi connectivity index (χ2v) is 5.08. The number of aromatic nitrogens is 1. The number of urea groups is 1. The third kappa shape index (κ3) is 3.72. The molecule has 0 radical (unpaired) electrons. The van der Waals surface area contributed by atoms with E-state index in [1.165, 1.54) is 6.20 Å². The van der Waals surface area contributed by atoms with Crippen LogP contribution in [0.5, 0.6) is 11.5 Å². The van der Waals surface area contributed by atoms with Crippen LogP contribution in [0, 0.1) is 0 Å². The van der Waals surface area contributed by atoms with Gasteiger partial charge in [-0.25, -0.2) is 4.79 Å². The fourth-order valence-corrected chi connectivity index (χ4v) is 2.33. The summed E-state index contributed by atoms with van der Waals surface area (Å²) < 4.78 is 15.7. The zero-order chi connectivity index (χ0) is 17.6. The van der Waals surface area contributed by atoms with Gasteiger partial charge in [-0.2, -0.15) is 0 Å². The van der Waals surface area contributed by atoms with Crippen LogP contribution in [0.4, 0.5) is 16.4 Å². The monoisotopic (exact) mass is 339 g/mol. The number of anilines is 2. The zero-order valence-electron chi connectivity index (χ0n) is 13.8. The van der Waals surface area contributed by atoms with Crippen LogP contribution in [-0.2, 0) is 0 Å². The molecular formula is C18H17N3O4. The number of nitrogens with zero attached hydrogens (tertiary/aromatic N) is 1. The maximum absolute atomic E-state index is 12.1. The first-order valence-electron chi connectivity index (χ1n) is 7.51. The molecule has 7 heteroatoms. The van der Waals surface area contributed by atoms with E-state index in [0.717, 1.165) is 5.56 Å². The largest absolute Gasteiger partial charge is 0.493 e. The number of hydrogen-bond acceptors (Lipinski definition) is 5. The van der Waals surface area contributed by atoms with E-state index in [9.17, 15) is 4.79 Å². The lowest BCUT2D eigenvalue weighted by Crippen LogP contribution is -2.19. The fourth-order valence-electron chi connectivity index (χ4n) is 2.33. The number of rotatable bonds is 5. The molecule has 1 aromatic heterocycles. The molecule has 0 unspecified atom stereocenters. The van der Waals surface area contributed by atoms with Gasteiger partial charge >= 0.3 is 6.03 Å². The van der Waals surface area contributed by atoms with E-state index in [-0.39, 0.29) is 5.88 Å². The van der Waals surface area contributed by atoms with Crippen molar-refractivity contribution >= 4 is 17.6 Å². The van der Waals surface area contributed by atoms with Crippen molar-refractivity contribution in [2.24, 2.45) is 0 Å². The molecule has 0 fully saturated rings. The first kappa shape index (κ1) is 16.4. The molecule has 7 nitrogen and oxygen atoms in total. The Hall–Kier alpha value is -3.48. The van der Waals surface area contributed by atoms with Gasteiger partial charge < -0.3 is 19.3 Å². The lowest BCUT2D eigenvalue weighted by atomic mass is 10.1. The average Bonchev–Trinajstić information content (AvgIpc) is 3.09. The second kappa shape index (κ2) is 7.39. The van der Waals surface area contributed by atoms with Gasteiger partial charge in [-0.3, -0.25) is 5.32 Å². The molecule has 0 aliphatic heterocycles. The molecule has 0 saturated heterocycles. The number of nitrogens with one attached hydrogen (secondary N) is 2. The van der Waals surface area contributed by atoms with Gasteiger partial charge in [-0.15, -0.1) is 0 Å². The molecule has 1 heterocycles. The van der Waals surface area contributed by atoms with Crippen LogP contribution in [0.25, 0.3) is 11.1 Å². The van der Waals surface area contributed by atoms with E-state index in [2.05, 4.69) is 15.8 Å². The van der Waals surface area contributed by atoms with Crippen LogP contribution in [0.2, 0.25) is 0 Å². The number of hydrogen-bond donors (Lipinski definition) is 2. The molecule has 0 atom stereocenters. The summed E-state index contributed by atoms with van der Waals surface area (Å²) >= 11 is 0. The summed E-state index contributed by atoms with van der Waals surface area (Å²) in [6.45, 7) is 0. The van der Waals surface area contributed by atoms with E-state index < -0.39 is 6.03 Å². The van der Waals surface area contributed by atoms with Crippen LogP contribution in [0.15, 0.2) is 59.3 Å². The van der Waals surface area contributed by atoms with Crippen molar-refractivity contribution in [3.05, 3.63) is 54.7 Å². The summed E-state index contributed by atoms with van der Waals surface area (Å²) in [4.78, 5) is 12.1. The molecular weight excluding hydrogens is 322 g/mol. The topological polar surface area (TPSA) is 85.6 Å². The standard InChI is InChI=1S/C18H17N3O4/c1-23-15-9-8-12(10-16(15)24-2)14-11-19-25-17(14)21-18(22)20-13-6-4-3-5-7-13/h3-11H,1-2H3,(H2,20,21,22). The number of methoxy groups -OCH3 is 2. The van der Waals surface area contributed by atoms with Crippen molar-refractivity contribution in [3.8, 4) is 22.6 Å². The average molecular weight is 339 g/mol. The van der Waals surface area contributed by atoms with Gasteiger partial charge in [0.25, 0.3) is 0 Å². The normalized spacial score (nSPS) is 10.2. The van der Waals surface area contributed by atoms with Gasteiger partial charge in [0.2, 0.25) is 5.88 Å². The zero-order valence-corrected chi connectivity index (χ0v) is 13.8. The number of carbonyl (C=O) groups excluding carboxylic acids is 1. The number of amides is 2. The summed E-state index contributed by atoms with van der Waals surface area (Å²) in [6.07, 6.45) is 1.53. The molecule has 0 saturated carbocycles. The Labute approximate surface area is 144 Å². The van der Waals surface area contributed by atoms with Gasteiger partial charge in [0.1, 0.15) is 0 Å². The first-order chi connectivity index (χ1) is 12.2. The van der Waals surface area contributed by atoms with Gasteiger partial charge in [-0.1, -0.05) is 29.4 Å². The van der Waals surface area contributed by atoms with Crippen molar-refractivity contribution in [2.45, 2.75) is 0 Å². The van der Waals surface area contributed by atoms with Crippen LogP contribution in [-0.4, -0.2) is 25.4 Å². The third-order valence-electron chi connectivity index (χ3n) is 3.52. The van der Waals surface area contributed by atoms with Crippen molar-refractivity contribution in [3.63, 3.8) is 0 Å². The maximum atomic E-state index is 12.1. The van der Waals surface area contributed by atoms with Crippen LogP contribution < -0.4 is 20.1 Å². The number of para-hydroxylation sites is 1. The quantitative estimate of drug-likeness (QED) is 0.734. The maximum Gasteiger partial charge on any atom is 0.326 e. The molecule has 0 bridgehead atoms. The number of ether oxygens (including phenoxy) is 2. The van der Waals surface area contributed by atoms with Crippen LogP contribution >= 0.6 is 0 Å². The molecule has 0 spiro atoms. The van der Waals surface area contributed by atoms with Gasteiger partial charge in [0, 0.05) is 5.69 Å². The molecule has 3 rings (SSSR count). The van der Waals surface area contributed by atoms with Gasteiger partial charge in [0.05, 0.1) is 26.0 Å². The summed E-state index contributed by atoms with van der Waals surface area (Å²) in [5.41, 5.74) is 2.07. The summed E-state index contributed by atoms with van der Waals surface area (Å²) in [7, 11) is 3.12. The highest BCUT2D eigenvalue weighted by atomic mass is 16.5. The number of carbonyl (C=O) groups is 1. The molecule has 2 aromatic carbocycles. The molecule has 25 heavy (non-hydrogen) atoms. The van der Waals surface area contributed by atoms with Crippen LogP contribution in [0.1, 0.15) is 0 Å². The molecule has 2 N–H and O–H groups in total. The lowest BCUT2D eigenvalue weighted by Gasteiger charge is -2.10. The lowest BCUT2D eigenvalue weighted by molar-refractivity contribution is 0.261. The van der Waals surface area contributed by atoms with E-state index in [0.29, 0.717) is 22.7 Å². The first-order valence-corrected chi connectivity index (χ1v) is 7.51. The van der Waals surface area contributed by atoms with E-state index >= 15 is 0 Å².